The van der Waals surface area contributed by atoms with Gasteiger partial charge in [0.1, 0.15) is 6.04 Å². The van der Waals surface area contributed by atoms with E-state index in [0.29, 0.717) is 6.10 Å². The van der Waals surface area contributed by atoms with Crippen molar-refractivity contribution in [2.75, 3.05) is 0 Å². The van der Waals surface area contributed by atoms with Crippen LogP contribution in [0.25, 0.3) is 0 Å². The second kappa shape index (κ2) is 4.37. The molecule has 2 aliphatic heterocycles. The predicted molar refractivity (Wildman–Crippen MR) is 64.6 cm³/mol. The maximum absolute atomic E-state index is 12.1. The summed E-state index contributed by atoms with van der Waals surface area (Å²) in [5, 5.41) is 7.01. The third-order valence-corrected chi connectivity index (χ3v) is 3.80. The highest BCUT2D eigenvalue weighted by atomic mass is 16.5. The molecule has 2 saturated heterocycles. The average molecular weight is 250 g/mol. The smallest absolute Gasteiger partial charge is 0.241 e. The van der Waals surface area contributed by atoms with Gasteiger partial charge < -0.3 is 15.8 Å². The molecule has 4 atom stereocenters. The van der Waals surface area contributed by atoms with Gasteiger partial charge in [-0.3, -0.25) is 9.48 Å². The number of carbonyl (C=O) groups is 1. The number of amides is 1. The molecule has 0 aromatic carbocycles. The molecule has 2 aliphatic rings. The molecule has 1 aromatic rings. The van der Waals surface area contributed by atoms with E-state index < -0.39 is 6.04 Å². The van der Waals surface area contributed by atoms with Crippen LogP contribution in [0.5, 0.6) is 0 Å². The first-order valence-corrected chi connectivity index (χ1v) is 6.33. The van der Waals surface area contributed by atoms with E-state index >= 15 is 0 Å². The van der Waals surface area contributed by atoms with Crippen LogP contribution in [0.2, 0.25) is 0 Å². The molecule has 6 nitrogen and oxygen atoms in total. The molecule has 3 rings (SSSR count). The molecule has 3 N–H and O–H groups in total. The molecule has 3 heterocycles. The van der Waals surface area contributed by atoms with E-state index in [2.05, 4.69) is 10.4 Å². The highest BCUT2D eigenvalue weighted by Crippen LogP contribution is 2.34. The van der Waals surface area contributed by atoms with Gasteiger partial charge in [0.05, 0.1) is 24.4 Å². The van der Waals surface area contributed by atoms with Crippen LogP contribution in [-0.4, -0.2) is 33.9 Å². The van der Waals surface area contributed by atoms with E-state index in [0.717, 1.165) is 24.8 Å². The van der Waals surface area contributed by atoms with Gasteiger partial charge in [-0.05, 0) is 19.3 Å². The van der Waals surface area contributed by atoms with Crippen LogP contribution in [0.4, 0.5) is 0 Å². The van der Waals surface area contributed by atoms with Crippen LogP contribution >= 0.6 is 0 Å². The fourth-order valence-corrected chi connectivity index (χ4v) is 2.81. The summed E-state index contributed by atoms with van der Waals surface area (Å²) < 4.78 is 7.35. The third-order valence-electron chi connectivity index (χ3n) is 3.80. The van der Waals surface area contributed by atoms with Crippen molar-refractivity contribution in [3.8, 4) is 0 Å². The number of hydrogen-bond donors (Lipinski definition) is 2. The third kappa shape index (κ3) is 2.02. The number of aryl methyl sites for hydroxylation is 1. The molecule has 2 bridgehead atoms. The summed E-state index contributed by atoms with van der Waals surface area (Å²) in [6, 6.07) is -0.531. The second-order valence-corrected chi connectivity index (χ2v) is 5.15. The highest BCUT2D eigenvalue weighted by Gasteiger charge is 2.41. The molecule has 6 heteroatoms. The molecule has 2 fully saturated rings. The minimum Gasteiger partial charge on any atom is -0.373 e. The molecule has 0 spiro atoms. The van der Waals surface area contributed by atoms with Crippen molar-refractivity contribution in [3.63, 3.8) is 0 Å². The Morgan fingerprint density at radius 1 is 1.67 bits per heavy atom. The number of ether oxygens (including phenoxy) is 1. The monoisotopic (exact) mass is 250 g/mol. The standard InChI is InChI=1S/C12H18N4O2/c1-16-6-7(5-14-16)11(13)12(17)15-9-4-8-2-3-10(9)18-8/h5-6,8-11H,2-4,13H2,1H3,(H,15,17). The summed E-state index contributed by atoms with van der Waals surface area (Å²) in [6.45, 7) is 0. The SMILES string of the molecule is Cn1cc(C(N)C(=O)NC2CC3CCC2O3)cn1. The van der Waals surface area contributed by atoms with Crippen molar-refractivity contribution in [2.24, 2.45) is 12.8 Å². The van der Waals surface area contributed by atoms with Gasteiger partial charge in [-0.1, -0.05) is 0 Å². The van der Waals surface area contributed by atoms with Gasteiger partial charge in [0.2, 0.25) is 5.91 Å². The molecule has 0 saturated carbocycles. The van der Waals surface area contributed by atoms with Gasteiger partial charge in [0.25, 0.3) is 0 Å². The Morgan fingerprint density at radius 3 is 3.06 bits per heavy atom. The molecule has 4 unspecified atom stereocenters. The van der Waals surface area contributed by atoms with Crippen molar-refractivity contribution < 1.29 is 9.53 Å². The first kappa shape index (κ1) is 11.7. The van der Waals surface area contributed by atoms with Crippen LogP contribution in [0.15, 0.2) is 12.4 Å². The van der Waals surface area contributed by atoms with Crippen LogP contribution in [0.1, 0.15) is 30.9 Å². The fraction of sp³-hybridized carbons (Fsp3) is 0.667. The molecular weight excluding hydrogens is 232 g/mol. The van der Waals surface area contributed by atoms with Crippen LogP contribution in [0, 0.1) is 0 Å². The number of nitrogens with two attached hydrogens (primary N) is 1. The van der Waals surface area contributed by atoms with Crippen molar-refractivity contribution in [1.82, 2.24) is 15.1 Å². The first-order chi connectivity index (χ1) is 8.63. The van der Waals surface area contributed by atoms with Gasteiger partial charge >= 0.3 is 0 Å². The van der Waals surface area contributed by atoms with Gasteiger partial charge in [-0.2, -0.15) is 5.10 Å². The molecular formula is C12H18N4O2. The second-order valence-electron chi connectivity index (χ2n) is 5.15. The summed E-state index contributed by atoms with van der Waals surface area (Å²) in [4.78, 5) is 12.1. The maximum Gasteiger partial charge on any atom is 0.241 e. The van der Waals surface area contributed by atoms with Gasteiger partial charge in [-0.15, -0.1) is 0 Å². The van der Waals surface area contributed by atoms with E-state index in [1.807, 2.05) is 0 Å². The Hall–Kier alpha value is -1.40. The van der Waals surface area contributed by atoms with Gasteiger partial charge in [0.15, 0.2) is 0 Å². The summed E-state index contributed by atoms with van der Waals surface area (Å²) in [7, 11) is 1.80. The minimum absolute atomic E-state index is 0.124. The normalized spacial score (nSPS) is 31.6. The predicted octanol–water partition coefficient (Wildman–Crippen LogP) is -0.144. The lowest BCUT2D eigenvalue weighted by Crippen LogP contribution is -2.45. The van der Waals surface area contributed by atoms with Crippen LogP contribution in [0.3, 0.4) is 0 Å². The summed E-state index contributed by atoms with van der Waals surface area (Å²) in [5.41, 5.74) is 6.66. The molecule has 0 radical (unpaired) electrons. The molecule has 1 amide bonds. The Morgan fingerprint density at radius 2 is 2.50 bits per heavy atom. The minimum atomic E-state index is -0.655. The van der Waals surface area contributed by atoms with Gasteiger partial charge in [-0.25, -0.2) is 0 Å². The molecule has 0 aliphatic carbocycles. The number of hydrogen-bond acceptors (Lipinski definition) is 4. The molecule has 18 heavy (non-hydrogen) atoms. The van der Waals surface area contributed by atoms with Crippen molar-refractivity contribution in [2.45, 2.75) is 43.6 Å². The number of nitrogens with one attached hydrogen (secondary N) is 1. The highest BCUT2D eigenvalue weighted by molar-refractivity contribution is 5.83. The van der Waals surface area contributed by atoms with Crippen molar-refractivity contribution >= 4 is 5.91 Å². The summed E-state index contributed by atoms with van der Waals surface area (Å²) in [5.74, 6) is -0.149. The summed E-state index contributed by atoms with van der Waals surface area (Å²) in [6.07, 6.45) is 6.97. The average Bonchev–Trinajstić information content (AvgIpc) is 3.03. The number of aromatic nitrogens is 2. The lowest BCUT2D eigenvalue weighted by Gasteiger charge is -2.21. The zero-order valence-electron chi connectivity index (χ0n) is 10.4. The van der Waals surface area contributed by atoms with E-state index in [4.69, 9.17) is 10.5 Å². The number of fused-ring (bicyclic) bond motifs is 2. The van der Waals surface area contributed by atoms with Crippen molar-refractivity contribution in [3.05, 3.63) is 18.0 Å². The Bertz CT molecular complexity index is 459. The lowest BCUT2D eigenvalue weighted by molar-refractivity contribution is -0.123. The van der Waals surface area contributed by atoms with E-state index in [-0.39, 0.29) is 18.1 Å². The largest absolute Gasteiger partial charge is 0.373 e. The molecule has 1 aromatic heterocycles. The van der Waals surface area contributed by atoms with Crippen molar-refractivity contribution in [1.29, 1.82) is 0 Å². The summed E-state index contributed by atoms with van der Waals surface area (Å²) >= 11 is 0. The van der Waals surface area contributed by atoms with E-state index in [1.54, 1.807) is 24.1 Å². The fourth-order valence-electron chi connectivity index (χ4n) is 2.81. The maximum atomic E-state index is 12.1. The zero-order chi connectivity index (χ0) is 12.7. The Kier molecular flexibility index (Phi) is 2.83. The Balaban J connectivity index is 1.61. The number of carbonyl (C=O) groups excluding carboxylic acids is 1. The molecule has 98 valence electrons. The zero-order valence-corrected chi connectivity index (χ0v) is 10.4. The van der Waals surface area contributed by atoms with E-state index in [9.17, 15) is 4.79 Å². The Labute approximate surface area is 105 Å². The number of nitrogens with zero attached hydrogens (tertiary/aromatic N) is 2. The van der Waals surface area contributed by atoms with Crippen LogP contribution < -0.4 is 11.1 Å². The lowest BCUT2D eigenvalue weighted by atomic mass is 9.95. The van der Waals surface area contributed by atoms with E-state index in [1.165, 1.54) is 0 Å². The topological polar surface area (TPSA) is 82.2 Å². The van der Waals surface area contributed by atoms with Crippen LogP contribution in [-0.2, 0) is 16.6 Å². The quantitative estimate of drug-likeness (QED) is 0.782. The van der Waals surface area contributed by atoms with Gasteiger partial charge in [0, 0.05) is 18.8 Å². The first-order valence-electron chi connectivity index (χ1n) is 6.33. The number of rotatable bonds is 3.